The lowest BCUT2D eigenvalue weighted by Crippen LogP contribution is -2.27. The van der Waals surface area contributed by atoms with E-state index < -0.39 is 10.0 Å². The Morgan fingerprint density at radius 2 is 1.87 bits per heavy atom. The van der Waals surface area contributed by atoms with Gasteiger partial charge in [-0.3, -0.25) is 4.79 Å². The first kappa shape index (κ1) is 20.3. The smallest absolute Gasteiger partial charge is 0.240 e. The van der Waals surface area contributed by atoms with Gasteiger partial charge in [0.1, 0.15) is 5.75 Å². The Labute approximate surface area is 177 Å². The van der Waals surface area contributed by atoms with Gasteiger partial charge in [0.15, 0.2) is 5.13 Å². The highest BCUT2D eigenvalue weighted by atomic mass is 32.2. The number of ether oxygens (including phenoxy) is 1. The predicted molar refractivity (Wildman–Crippen MR) is 119 cm³/mol. The molecule has 0 unspecified atom stereocenters. The fraction of sp³-hybridized carbons (Fsp3) is 0.143. The largest absolute Gasteiger partial charge is 0.497 e. The summed E-state index contributed by atoms with van der Waals surface area (Å²) in [6.07, 6.45) is -0.00788. The van der Waals surface area contributed by atoms with Gasteiger partial charge in [0.25, 0.3) is 0 Å². The van der Waals surface area contributed by atoms with Gasteiger partial charge in [-0.2, -0.15) is 0 Å². The minimum atomic E-state index is -3.71. The van der Waals surface area contributed by atoms with E-state index >= 15 is 0 Å². The van der Waals surface area contributed by atoms with Gasteiger partial charge in [0.2, 0.25) is 15.9 Å². The lowest BCUT2D eigenvalue weighted by atomic mass is 10.1. The Bertz CT molecular complexity index is 1330. The molecule has 0 saturated carbocycles. The van der Waals surface area contributed by atoms with Crippen molar-refractivity contribution < 1.29 is 17.9 Å². The number of nitrogens with one attached hydrogen (secondary N) is 2. The van der Waals surface area contributed by atoms with Crippen molar-refractivity contribution >= 4 is 53.4 Å². The molecule has 0 aliphatic rings. The summed E-state index contributed by atoms with van der Waals surface area (Å²) < 4.78 is 33.6. The number of nitrogens with zero attached hydrogens (tertiary/aromatic N) is 1. The Morgan fingerprint density at radius 1 is 1.07 bits per heavy atom. The summed E-state index contributed by atoms with van der Waals surface area (Å²) in [5.74, 6) is 0.398. The summed E-state index contributed by atoms with van der Waals surface area (Å²) in [6, 6.07) is 17.9. The van der Waals surface area contributed by atoms with Crippen LogP contribution in [-0.2, 0) is 14.8 Å². The van der Waals surface area contributed by atoms with E-state index in [4.69, 9.17) is 4.74 Å². The maximum absolute atomic E-state index is 12.5. The molecular weight excluding hydrogens is 422 g/mol. The van der Waals surface area contributed by atoms with Gasteiger partial charge in [-0.05, 0) is 41.1 Å². The van der Waals surface area contributed by atoms with Crippen LogP contribution in [0.5, 0.6) is 5.75 Å². The van der Waals surface area contributed by atoms with Crippen molar-refractivity contribution in [2.24, 2.45) is 0 Å². The number of thiazole rings is 1. The van der Waals surface area contributed by atoms with Crippen LogP contribution in [0.1, 0.15) is 6.42 Å². The van der Waals surface area contributed by atoms with Gasteiger partial charge in [-0.25, -0.2) is 18.1 Å². The summed E-state index contributed by atoms with van der Waals surface area (Å²) in [5.41, 5.74) is 0.758. The maximum Gasteiger partial charge on any atom is 0.240 e. The highest BCUT2D eigenvalue weighted by molar-refractivity contribution is 7.89. The van der Waals surface area contributed by atoms with Crippen molar-refractivity contribution in [1.29, 1.82) is 0 Å². The number of sulfonamides is 1. The molecule has 0 saturated heterocycles. The molecular formula is C21H19N3O4S2. The van der Waals surface area contributed by atoms with Crippen LogP contribution in [0.15, 0.2) is 65.6 Å². The Kier molecular flexibility index (Phi) is 5.67. The summed E-state index contributed by atoms with van der Waals surface area (Å²) in [4.78, 5) is 16.7. The van der Waals surface area contributed by atoms with Gasteiger partial charge in [0, 0.05) is 13.0 Å². The summed E-state index contributed by atoms with van der Waals surface area (Å²) in [5, 5.41) is 4.97. The number of carbonyl (C=O) groups excluding carboxylic acids is 1. The quantitative estimate of drug-likeness (QED) is 0.455. The van der Waals surface area contributed by atoms with E-state index in [1.54, 1.807) is 31.4 Å². The van der Waals surface area contributed by atoms with Crippen LogP contribution in [0.25, 0.3) is 21.0 Å². The normalized spacial score (nSPS) is 11.6. The second kappa shape index (κ2) is 8.39. The standard InChI is InChI=1S/C21H19N3O4S2/c1-28-16-7-9-18-19(13-16)29-21(23-18)24-20(25)10-11-22-30(26,27)17-8-6-14-4-2-3-5-15(14)12-17/h2-9,12-13,22H,10-11H2,1H3,(H,23,24,25). The lowest BCUT2D eigenvalue weighted by Gasteiger charge is -2.08. The van der Waals surface area contributed by atoms with Gasteiger partial charge in [0.05, 0.1) is 22.2 Å². The molecule has 0 aliphatic heterocycles. The molecule has 0 atom stereocenters. The van der Waals surface area contributed by atoms with Crippen LogP contribution in [0.2, 0.25) is 0 Å². The number of amides is 1. The summed E-state index contributed by atoms with van der Waals surface area (Å²) >= 11 is 1.33. The van der Waals surface area contributed by atoms with E-state index in [-0.39, 0.29) is 23.8 Å². The fourth-order valence-electron chi connectivity index (χ4n) is 2.98. The summed E-state index contributed by atoms with van der Waals surface area (Å²) in [7, 11) is -2.12. The zero-order valence-electron chi connectivity index (χ0n) is 16.1. The Hall–Kier alpha value is -3.01. The second-order valence-corrected chi connectivity index (χ2v) is 9.36. The first-order chi connectivity index (χ1) is 14.4. The molecule has 1 amide bonds. The van der Waals surface area contributed by atoms with Crippen molar-refractivity contribution in [3.63, 3.8) is 0 Å². The molecule has 4 aromatic rings. The topological polar surface area (TPSA) is 97.4 Å². The summed E-state index contributed by atoms with van der Waals surface area (Å²) in [6.45, 7) is -0.0142. The number of methoxy groups -OCH3 is 1. The average molecular weight is 442 g/mol. The highest BCUT2D eigenvalue weighted by Crippen LogP contribution is 2.29. The molecule has 0 spiro atoms. The molecule has 2 N–H and O–H groups in total. The minimum absolute atomic E-state index is 0.00788. The van der Waals surface area contributed by atoms with E-state index in [1.807, 2.05) is 36.4 Å². The first-order valence-electron chi connectivity index (χ1n) is 9.17. The van der Waals surface area contributed by atoms with Crippen molar-refractivity contribution in [1.82, 2.24) is 9.71 Å². The maximum atomic E-state index is 12.5. The van der Waals surface area contributed by atoms with E-state index in [9.17, 15) is 13.2 Å². The van der Waals surface area contributed by atoms with Crippen molar-refractivity contribution in [3.8, 4) is 5.75 Å². The fourth-order valence-corrected chi connectivity index (χ4v) is 4.96. The monoisotopic (exact) mass is 441 g/mol. The third kappa shape index (κ3) is 4.43. The van der Waals surface area contributed by atoms with Crippen LogP contribution in [0.3, 0.4) is 0 Å². The zero-order valence-corrected chi connectivity index (χ0v) is 17.7. The number of rotatable bonds is 7. The molecule has 0 radical (unpaired) electrons. The van der Waals surface area contributed by atoms with Crippen LogP contribution in [0, 0.1) is 0 Å². The number of hydrogen-bond acceptors (Lipinski definition) is 6. The highest BCUT2D eigenvalue weighted by Gasteiger charge is 2.15. The van der Waals surface area contributed by atoms with Gasteiger partial charge < -0.3 is 10.1 Å². The molecule has 0 fully saturated rings. The van der Waals surface area contributed by atoms with E-state index in [0.29, 0.717) is 10.9 Å². The molecule has 0 aliphatic carbocycles. The molecule has 7 nitrogen and oxygen atoms in total. The lowest BCUT2D eigenvalue weighted by molar-refractivity contribution is -0.116. The van der Waals surface area contributed by atoms with E-state index in [2.05, 4.69) is 15.0 Å². The van der Waals surface area contributed by atoms with Crippen LogP contribution >= 0.6 is 11.3 Å². The SMILES string of the molecule is COc1ccc2nc(NC(=O)CCNS(=O)(=O)c3ccc4ccccc4c3)sc2c1. The number of anilines is 1. The third-order valence-corrected chi connectivity index (χ3v) is 6.91. The van der Waals surface area contributed by atoms with Crippen molar-refractivity contribution in [2.75, 3.05) is 19.0 Å². The molecule has 30 heavy (non-hydrogen) atoms. The van der Waals surface area contributed by atoms with Crippen molar-refractivity contribution in [2.45, 2.75) is 11.3 Å². The molecule has 0 bridgehead atoms. The molecule has 4 rings (SSSR count). The van der Waals surface area contributed by atoms with Crippen molar-refractivity contribution in [3.05, 3.63) is 60.7 Å². The molecule has 1 aromatic heterocycles. The third-order valence-electron chi connectivity index (χ3n) is 4.52. The minimum Gasteiger partial charge on any atom is -0.497 e. The van der Waals surface area contributed by atoms with Gasteiger partial charge in [-0.15, -0.1) is 0 Å². The number of aromatic nitrogens is 1. The van der Waals surface area contributed by atoms with E-state index in [0.717, 1.165) is 21.0 Å². The van der Waals surface area contributed by atoms with Crippen LogP contribution < -0.4 is 14.8 Å². The zero-order chi connectivity index (χ0) is 21.1. The van der Waals surface area contributed by atoms with Crippen LogP contribution in [0.4, 0.5) is 5.13 Å². The Morgan fingerprint density at radius 3 is 2.67 bits per heavy atom. The molecule has 154 valence electrons. The van der Waals surface area contributed by atoms with E-state index in [1.165, 1.54) is 11.3 Å². The molecule has 3 aromatic carbocycles. The number of benzene rings is 3. The second-order valence-electron chi connectivity index (χ2n) is 6.56. The van der Waals surface area contributed by atoms with Gasteiger partial charge >= 0.3 is 0 Å². The van der Waals surface area contributed by atoms with Gasteiger partial charge in [-0.1, -0.05) is 41.7 Å². The first-order valence-corrected chi connectivity index (χ1v) is 11.5. The average Bonchev–Trinajstić information content (AvgIpc) is 3.14. The molecule has 1 heterocycles. The predicted octanol–water partition coefficient (Wildman–Crippen LogP) is 3.77. The number of fused-ring (bicyclic) bond motifs is 2. The molecule has 9 heteroatoms. The number of hydrogen-bond donors (Lipinski definition) is 2. The van der Waals surface area contributed by atoms with Crippen LogP contribution in [-0.4, -0.2) is 33.0 Å². The number of carbonyl (C=O) groups is 1. The Balaban J connectivity index is 1.36.